The second kappa shape index (κ2) is 4.54. The van der Waals surface area contributed by atoms with Crippen LogP contribution in [0.2, 0.25) is 0 Å². The fourth-order valence-corrected chi connectivity index (χ4v) is 2.55. The molecule has 3 rings (SSSR count). The molecule has 0 unspecified atom stereocenters. The Morgan fingerprint density at radius 1 is 1.11 bits per heavy atom. The van der Waals surface area contributed by atoms with Crippen LogP contribution in [0.3, 0.4) is 0 Å². The third-order valence-electron chi connectivity index (χ3n) is 3.98. The van der Waals surface area contributed by atoms with Gasteiger partial charge >= 0.3 is 0 Å². The highest BCUT2D eigenvalue weighted by molar-refractivity contribution is 5.81. The number of nitrogens with zero attached hydrogens (tertiary/aromatic N) is 2. The number of aryl methyl sites for hydroxylation is 2. The lowest BCUT2D eigenvalue weighted by atomic mass is 10.1. The second-order valence-electron chi connectivity index (χ2n) is 5.13. The van der Waals surface area contributed by atoms with E-state index in [-0.39, 0.29) is 0 Å². The van der Waals surface area contributed by atoms with Crippen molar-refractivity contribution < 1.29 is 0 Å². The lowest BCUT2D eigenvalue weighted by molar-refractivity contribution is 0.861. The zero-order chi connectivity index (χ0) is 13.4. The molecule has 0 aliphatic heterocycles. The first-order valence-electron chi connectivity index (χ1n) is 6.61. The largest absolute Gasteiger partial charge is 0.347 e. The molecule has 0 atom stereocenters. The van der Waals surface area contributed by atoms with Gasteiger partial charge in [-0.1, -0.05) is 18.2 Å². The van der Waals surface area contributed by atoms with E-state index in [1.165, 1.54) is 33.4 Å². The summed E-state index contributed by atoms with van der Waals surface area (Å²) >= 11 is 0. The van der Waals surface area contributed by atoms with Gasteiger partial charge in [-0.05, 0) is 48.6 Å². The standard InChI is InChI=1S/C17H18N2/c1-12-8-9-18-16(13(12)2)11-15-10-14-6-4-5-7-17(14)19(15)3/h4-10H,11H2,1-3H3. The van der Waals surface area contributed by atoms with Gasteiger partial charge in [0.25, 0.3) is 0 Å². The summed E-state index contributed by atoms with van der Waals surface area (Å²) < 4.78 is 2.26. The van der Waals surface area contributed by atoms with Crippen molar-refractivity contribution in [3.05, 3.63) is 65.1 Å². The summed E-state index contributed by atoms with van der Waals surface area (Å²) in [5, 5.41) is 1.30. The fourth-order valence-electron chi connectivity index (χ4n) is 2.55. The van der Waals surface area contributed by atoms with Gasteiger partial charge in [-0.15, -0.1) is 0 Å². The van der Waals surface area contributed by atoms with E-state index >= 15 is 0 Å². The molecule has 2 aromatic heterocycles. The SMILES string of the molecule is Cc1ccnc(Cc2cc3ccccc3n2C)c1C. The second-order valence-corrected chi connectivity index (χ2v) is 5.13. The number of para-hydroxylation sites is 1. The maximum absolute atomic E-state index is 4.53. The average molecular weight is 250 g/mol. The molecule has 0 saturated heterocycles. The first-order valence-corrected chi connectivity index (χ1v) is 6.61. The van der Waals surface area contributed by atoms with E-state index in [1.54, 1.807) is 0 Å². The highest BCUT2D eigenvalue weighted by atomic mass is 14.9. The normalized spacial score (nSPS) is 11.1. The Morgan fingerprint density at radius 2 is 1.89 bits per heavy atom. The molecular weight excluding hydrogens is 232 g/mol. The van der Waals surface area contributed by atoms with Crippen LogP contribution in [0, 0.1) is 13.8 Å². The maximum Gasteiger partial charge on any atom is 0.0494 e. The minimum Gasteiger partial charge on any atom is -0.347 e. The number of hydrogen-bond donors (Lipinski definition) is 0. The van der Waals surface area contributed by atoms with Crippen LogP contribution in [0.15, 0.2) is 42.6 Å². The first-order chi connectivity index (χ1) is 9.16. The van der Waals surface area contributed by atoms with Gasteiger partial charge in [-0.25, -0.2) is 0 Å². The van der Waals surface area contributed by atoms with Crippen molar-refractivity contribution in [2.75, 3.05) is 0 Å². The molecule has 0 N–H and O–H groups in total. The van der Waals surface area contributed by atoms with E-state index in [4.69, 9.17) is 0 Å². The van der Waals surface area contributed by atoms with Gasteiger partial charge in [0, 0.05) is 36.6 Å². The van der Waals surface area contributed by atoms with Crippen molar-refractivity contribution in [2.45, 2.75) is 20.3 Å². The Bertz CT molecular complexity index is 738. The third-order valence-corrected chi connectivity index (χ3v) is 3.98. The summed E-state index contributed by atoms with van der Waals surface area (Å²) in [5.41, 5.74) is 6.37. The Hall–Kier alpha value is -2.09. The predicted octanol–water partition coefficient (Wildman–Crippen LogP) is 3.78. The first kappa shape index (κ1) is 12.0. The van der Waals surface area contributed by atoms with Crippen molar-refractivity contribution in [1.29, 1.82) is 0 Å². The van der Waals surface area contributed by atoms with Gasteiger partial charge in [-0.3, -0.25) is 4.98 Å². The number of hydrogen-bond acceptors (Lipinski definition) is 1. The Morgan fingerprint density at radius 3 is 2.68 bits per heavy atom. The van der Waals surface area contributed by atoms with E-state index in [2.05, 4.69) is 66.8 Å². The lowest BCUT2D eigenvalue weighted by Crippen LogP contribution is -2.02. The average Bonchev–Trinajstić information content (AvgIpc) is 2.73. The summed E-state index contributed by atoms with van der Waals surface area (Å²) in [7, 11) is 2.13. The molecular formula is C17H18N2. The van der Waals surface area contributed by atoms with E-state index in [0.29, 0.717) is 0 Å². The van der Waals surface area contributed by atoms with Crippen molar-refractivity contribution in [3.63, 3.8) is 0 Å². The van der Waals surface area contributed by atoms with Gasteiger partial charge in [0.2, 0.25) is 0 Å². The van der Waals surface area contributed by atoms with Crippen LogP contribution < -0.4 is 0 Å². The van der Waals surface area contributed by atoms with Gasteiger partial charge in [-0.2, -0.15) is 0 Å². The molecule has 1 aromatic carbocycles. The minimum atomic E-state index is 0.888. The molecule has 0 fully saturated rings. The molecule has 2 heteroatoms. The zero-order valence-corrected chi connectivity index (χ0v) is 11.6. The molecule has 2 heterocycles. The highest BCUT2D eigenvalue weighted by Crippen LogP contribution is 2.21. The Kier molecular flexibility index (Phi) is 2.86. The topological polar surface area (TPSA) is 17.8 Å². The summed E-state index contributed by atoms with van der Waals surface area (Å²) in [6.07, 6.45) is 2.79. The van der Waals surface area contributed by atoms with Gasteiger partial charge in [0.05, 0.1) is 0 Å². The lowest BCUT2D eigenvalue weighted by Gasteiger charge is -2.08. The van der Waals surface area contributed by atoms with Crippen LogP contribution in [-0.4, -0.2) is 9.55 Å². The van der Waals surface area contributed by atoms with Crippen LogP contribution in [0.4, 0.5) is 0 Å². The summed E-state index contributed by atoms with van der Waals surface area (Å²) in [5.74, 6) is 0. The third kappa shape index (κ3) is 2.03. The number of aromatic nitrogens is 2. The van der Waals surface area contributed by atoms with Crippen LogP contribution >= 0.6 is 0 Å². The molecule has 0 aliphatic carbocycles. The summed E-state index contributed by atoms with van der Waals surface area (Å²) in [4.78, 5) is 4.53. The van der Waals surface area contributed by atoms with Crippen LogP contribution in [-0.2, 0) is 13.5 Å². The van der Waals surface area contributed by atoms with E-state index in [0.717, 1.165) is 6.42 Å². The molecule has 0 amide bonds. The smallest absolute Gasteiger partial charge is 0.0494 e. The molecule has 19 heavy (non-hydrogen) atoms. The van der Waals surface area contributed by atoms with Crippen molar-refractivity contribution >= 4 is 10.9 Å². The predicted molar refractivity (Wildman–Crippen MR) is 79.4 cm³/mol. The summed E-state index contributed by atoms with van der Waals surface area (Å²) in [6, 6.07) is 12.8. The van der Waals surface area contributed by atoms with Crippen molar-refractivity contribution in [1.82, 2.24) is 9.55 Å². The molecule has 0 radical (unpaired) electrons. The Labute approximate surface area is 113 Å². The monoisotopic (exact) mass is 250 g/mol. The maximum atomic E-state index is 4.53. The van der Waals surface area contributed by atoms with Crippen LogP contribution in [0.5, 0.6) is 0 Å². The number of pyridine rings is 1. The van der Waals surface area contributed by atoms with Crippen LogP contribution in [0.1, 0.15) is 22.5 Å². The van der Waals surface area contributed by atoms with Gasteiger partial charge < -0.3 is 4.57 Å². The molecule has 0 spiro atoms. The van der Waals surface area contributed by atoms with Crippen LogP contribution in [0.25, 0.3) is 10.9 Å². The molecule has 0 saturated carbocycles. The molecule has 0 bridgehead atoms. The van der Waals surface area contributed by atoms with E-state index in [9.17, 15) is 0 Å². The molecule has 0 aliphatic rings. The molecule has 3 aromatic rings. The number of rotatable bonds is 2. The fraction of sp³-hybridized carbons (Fsp3) is 0.235. The van der Waals surface area contributed by atoms with Crippen molar-refractivity contribution in [2.24, 2.45) is 7.05 Å². The Balaban J connectivity index is 2.06. The number of fused-ring (bicyclic) bond motifs is 1. The van der Waals surface area contributed by atoms with Gasteiger partial charge in [0.15, 0.2) is 0 Å². The highest BCUT2D eigenvalue weighted by Gasteiger charge is 2.09. The quantitative estimate of drug-likeness (QED) is 0.676. The van der Waals surface area contributed by atoms with E-state index < -0.39 is 0 Å². The zero-order valence-electron chi connectivity index (χ0n) is 11.6. The molecule has 2 nitrogen and oxygen atoms in total. The van der Waals surface area contributed by atoms with Gasteiger partial charge in [0.1, 0.15) is 0 Å². The molecule has 96 valence electrons. The number of benzene rings is 1. The minimum absolute atomic E-state index is 0.888. The summed E-state index contributed by atoms with van der Waals surface area (Å²) in [6.45, 7) is 4.29. The van der Waals surface area contributed by atoms with E-state index in [1.807, 2.05) is 6.20 Å². The van der Waals surface area contributed by atoms with Crippen molar-refractivity contribution in [3.8, 4) is 0 Å².